The quantitative estimate of drug-likeness (QED) is 0.805. The third-order valence-electron chi connectivity index (χ3n) is 4.87. The zero-order valence-electron chi connectivity index (χ0n) is 13.3. The molecule has 0 aliphatic carbocycles. The number of hydrogen-bond donors (Lipinski definition) is 1. The van der Waals surface area contributed by atoms with Gasteiger partial charge in [0.1, 0.15) is 17.7 Å². The third kappa shape index (κ3) is 3.06. The van der Waals surface area contributed by atoms with E-state index in [-0.39, 0.29) is 17.7 Å². The van der Waals surface area contributed by atoms with Gasteiger partial charge < -0.3 is 19.7 Å². The molecule has 6 heteroatoms. The molecular weight excluding hydrogens is 272 g/mol. The zero-order valence-corrected chi connectivity index (χ0v) is 13.3. The summed E-state index contributed by atoms with van der Waals surface area (Å²) in [5, 5.41) is 2.85. The summed E-state index contributed by atoms with van der Waals surface area (Å²) >= 11 is 0. The molecule has 2 rings (SSSR count). The van der Waals surface area contributed by atoms with E-state index in [0.717, 1.165) is 12.8 Å². The number of carbonyl (C=O) groups is 2. The number of piperazine rings is 1. The molecule has 21 heavy (non-hydrogen) atoms. The molecule has 0 aromatic carbocycles. The van der Waals surface area contributed by atoms with Crippen LogP contribution in [0.15, 0.2) is 0 Å². The molecule has 2 heterocycles. The summed E-state index contributed by atoms with van der Waals surface area (Å²) < 4.78 is 11.0. The smallest absolute Gasteiger partial charge is 0.246 e. The van der Waals surface area contributed by atoms with Crippen LogP contribution in [0.5, 0.6) is 0 Å². The van der Waals surface area contributed by atoms with E-state index in [4.69, 9.17) is 9.47 Å². The molecule has 0 aromatic rings. The number of hydrogen-bond acceptors (Lipinski definition) is 4. The Morgan fingerprint density at radius 2 is 2.24 bits per heavy atom. The first kappa shape index (κ1) is 16.2. The summed E-state index contributed by atoms with van der Waals surface area (Å²) in [6, 6.07) is -0.902. The van der Waals surface area contributed by atoms with Crippen LogP contribution in [-0.4, -0.2) is 61.3 Å². The first-order chi connectivity index (χ1) is 9.94. The lowest BCUT2D eigenvalue weighted by molar-refractivity contribution is -0.155. The fraction of sp³-hybridized carbons (Fsp3) is 0.867. The van der Waals surface area contributed by atoms with Crippen LogP contribution >= 0.6 is 0 Å². The minimum Gasteiger partial charge on any atom is -0.378 e. The Labute approximate surface area is 126 Å². The fourth-order valence-corrected chi connectivity index (χ4v) is 2.93. The monoisotopic (exact) mass is 298 g/mol. The Bertz CT molecular complexity index is 406. The van der Waals surface area contributed by atoms with Crippen molar-refractivity contribution in [2.24, 2.45) is 5.92 Å². The van der Waals surface area contributed by atoms with Gasteiger partial charge in [-0.25, -0.2) is 0 Å². The van der Waals surface area contributed by atoms with E-state index in [1.165, 1.54) is 0 Å². The maximum atomic E-state index is 12.7. The number of nitrogens with one attached hydrogen (secondary N) is 1. The molecule has 2 aliphatic heterocycles. The lowest BCUT2D eigenvalue weighted by Crippen LogP contribution is -2.66. The van der Waals surface area contributed by atoms with Crippen LogP contribution in [-0.2, 0) is 19.1 Å². The molecule has 0 bridgehead atoms. The van der Waals surface area contributed by atoms with Gasteiger partial charge in [-0.05, 0) is 12.8 Å². The molecule has 4 atom stereocenters. The van der Waals surface area contributed by atoms with Crippen LogP contribution in [0.2, 0.25) is 0 Å². The molecule has 1 N–H and O–H groups in total. The van der Waals surface area contributed by atoms with E-state index in [0.29, 0.717) is 19.8 Å². The van der Waals surface area contributed by atoms with Crippen molar-refractivity contribution in [3.8, 4) is 0 Å². The van der Waals surface area contributed by atoms with Gasteiger partial charge in [-0.3, -0.25) is 9.59 Å². The van der Waals surface area contributed by atoms with E-state index >= 15 is 0 Å². The first-order valence-electron chi connectivity index (χ1n) is 7.68. The SMILES string of the molecule is CCC(C)C1NC(=O)C(C)N(CC2(OC)CCOC2)C1=O. The number of rotatable bonds is 5. The van der Waals surface area contributed by atoms with Crippen LogP contribution in [0.25, 0.3) is 0 Å². The number of ether oxygens (including phenoxy) is 2. The molecule has 2 amide bonds. The van der Waals surface area contributed by atoms with E-state index in [9.17, 15) is 9.59 Å². The van der Waals surface area contributed by atoms with Gasteiger partial charge in [0.2, 0.25) is 11.8 Å². The van der Waals surface area contributed by atoms with E-state index in [1.807, 2.05) is 13.8 Å². The number of carbonyl (C=O) groups excluding carboxylic acids is 2. The van der Waals surface area contributed by atoms with Crippen molar-refractivity contribution in [1.29, 1.82) is 0 Å². The van der Waals surface area contributed by atoms with Crippen molar-refractivity contribution in [2.75, 3.05) is 26.9 Å². The number of nitrogens with zero attached hydrogens (tertiary/aromatic N) is 1. The fourth-order valence-electron chi connectivity index (χ4n) is 2.93. The second-order valence-electron chi connectivity index (χ2n) is 6.20. The van der Waals surface area contributed by atoms with Gasteiger partial charge in [-0.15, -0.1) is 0 Å². The van der Waals surface area contributed by atoms with Gasteiger partial charge in [-0.1, -0.05) is 20.3 Å². The van der Waals surface area contributed by atoms with Crippen molar-refractivity contribution in [1.82, 2.24) is 10.2 Å². The van der Waals surface area contributed by atoms with Crippen LogP contribution in [0.1, 0.15) is 33.6 Å². The predicted molar refractivity (Wildman–Crippen MR) is 77.7 cm³/mol. The standard InChI is InChI=1S/C15H26N2O4/c1-5-10(2)12-14(19)17(11(3)13(18)16-12)8-15(20-4)6-7-21-9-15/h10-12H,5-9H2,1-4H3,(H,16,18). The lowest BCUT2D eigenvalue weighted by Gasteiger charge is -2.42. The van der Waals surface area contributed by atoms with Crippen molar-refractivity contribution in [2.45, 2.75) is 51.3 Å². The Hall–Kier alpha value is -1.14. The van der Waals surface area contributed by atoms with E-state index < -0.39 is 17.7 Å². The zero-order chi connectivity index (χ0) is 15.6. The highest BCUT2D eigenvalue weighted by atomic mass is 16.5. The van der Waals surface area contributed by atoms with Crippen LogP contribution in [0.3, 0.4) is 0 Å². The first-order valence-corrected chi connectivity index (χ1v) is 7.68. The minimum absolute atomic E-state index is 0.0141. The summed E-state index contributed by atoms with van der Waals surface area (Å²) in [5.41, 5.74) is -0.485. The molecule has 6 nitrogen and oxygen atoms in total. The van der Waals surface area contributed by atoms with Crippen LogP contribution < -0.4 is 5.32 Å². The second-order valence-corrected chi connectivity index (χ2v) is 6.20. The average molecular weight is 298 g/mol. The highest BCUT2D eigenvalue weighted by Gasteiger charge is 2.45. The molecule has 0 spiro atoms. The summed E-state index contributed by atoms with van der Waals surface area (Å²) in [6.45, 7) is 7.28. The second kappa shape index (κ2) is 6.32. The summed E-state index contributed by atoms with van der Waals surface area (Å²) in [5.74, 6) is 0.0135. The summed E-state index contributed by atoms with van der Waals surface area (Å²) in [6.07, 6.45) is 1.59. The molecule has 0 saturated carbocycles. The largest absolute Gasteiger partial charge is 0.378 e. The number of amides is 2. The Balaban J connectivity index is 2.18. The van der Waals surface area contributed by atoms with Crippen molar-refractivity contribution < 1.29 is 19.1 Å². The predicted octanol–water partition coefficient (Wildman–Crippen LogP) is 0.554. The Morgan fingerprint density at radius 1 is 1.52 bits per heavy atom. The highest BCUT2D eigenvalue weighted by molar-refractivity contribution is 5.96. The van der Waals surface area contributed by atoms with E-state index in [2.05, 4.69) is 5.32 Å². The van der Waals surface area contributed by atoms with Gasteiger partial charge in [-0.2, -0.15) is 0 Å². The topological polar surface area (TPSA) is 67.9 Å². The molecule has 2 aliphatic rings. The van der Waals surface area contributed by atoms with Crippen molar-refractivity contribution in [3.05, 3.63) is 0 Å². The minimum atomic E-state index is -0.485. The van der Waals surface area contributed by atoms with Crippen molar-refractivity contribution >= 4 is 11.8 Å². The lowest BCUT2D eigenvalue weighted by atomic mass is 9.92. The van der Waals surface area contributed by atoms with Gasteiger partial charge in [0.15, 0.2) is 0 Å². The molecule has 2 saturated heterocycles. The maximum Gasteiger partial charge on any atom is 0.246 e. The van der Waals surface area contributed by atoms with Gasteiger partial charge in [0, 0.05) is 20.1 Å². The van der Waals surface area contributed by atoms with E-state index in [1.54, 1.807) is 18.9 Å². The summed E-state index contributed by atoms with van der Waals surface area (Å²) in [4.78, 5) is 26.6. The molecular formula is C15H26N2O4. The maximum absolute atomic E-state index is 12.7. The summed E-state index contributed by atoms with van der Waals surface area (Å²) in [7, 11) is 1.64. The average Bonchev–Trinajstić information content (AvgIpc) is 2.96. The van der Waals surface area contributed by atoms with Crippen LogP contribution in [0, 0.1) is 5.92 Å². The van der Waals surface area contributed by atoms with Crippen molar-refractivity contribution in [3.63, 3.8) is 0 Å². The normalized spacial score (nSPS) is 35.0. The molecule has 2 fully saturated rings. The van der Waals surface area contributed by atoms with Gasteiger partial charge in [0.05, 0.1) is 13.2 Å². The van der Waals surface area contributed by atoms with Gasteiger partial charge in [0.25, 0.3) is 0 Å². The Morgan fingerprint density at radius 3 is 2.76 bits per heavy atom. The molecule has 120 valence electrons. The molecule has 4 unspecified atom stereocenters. The molecule has 0 aromatic heterocycles. The van der Waals surface area contributed by atoms with Gasteiger partial charge >= 0.3 is 0 Å². The Kier molecular flexibility index (Phi) is 4.88. The number of methoxy groups -OCH3 is 1. The highest BCUT2D eigenvalue weighted by Crippen LogP contribution is 2.27. The van der Waals surface area contributed by atoms with Crippen LogP contribution in [0.4, 0.5) is 0 Å². The molecule has 0 radical (unpaired) electrons. The third-order valence-corrected chi connectivity index (χ3v) is 4.87.